The molecule has 17 heavy (non-hydrogen) atoms. The second-order valence-corrected chi connectivity index (χ2v) is 3.71. The van der Waals surface area contributed by atoms with Crippen LogP contribution in [0.5, 0.6) is 0 Å². The number of hydrogen-bond donors (Lipinski definition) is 1. The van der Waals surface area contributed by atoms with Crippen molar-refractivity contribution in [2.75, 3.05) is 7.11 Å². The average molecular weight is 235 g/mol. The van der Waals surface area contributed by atoms with Crippen LogP contribution in [0.25, 0.3) is 0 Å². The zero-order valence-corrected chi connectivity index (χ0v) is 10.3. The molecule has 92 valence electrons. The predicted octanol–water partition coefficient (Wildman–Crippen LogP) is 2.13. The molecule has 2 unspecified atom stereocenters. The van der Waals surface area contributed by atoms with E-state index in [0.717, 1.165) is 6.42 Å². The van der Waals surface area contributed by atoms with Crippen molar-refractivity contribution in [3.05, 3.63) is 23.7 Å². The topological polar surface area (TPSA) is 51.5 Å². The van der Waals surface area contributed by atoms with Crippen molar-refractivity contribution in [2.45, 2.75) is 32.4 Å². The molecular weight excluding hydrogens is 218 g/mol. The van der Waals surface area contributed by atoms with Gasteiger partial charge in [0.25, 0.3) is 0 Å². The summed E-state index contributed by atoms with van der Waals surface area (Å²) in [6.45, 7) is 3.94. The van der Waals surface area contributed by atoms with Crippen molar-refractivity contribution >= 4 is 5.97 Å². The van der Waals surface area contributed by atoms with Crippen LogP contribution in [0, 0.1) is 12.3 Å². The summed E-state index contributed by atoms with van der Waals surface area (Å²) in [6.07, 6.45) is 6.21. The van der Waals surface area contributed by atoms with Crippen molar-refractivity contribution in [1.82, 2.24) is 5.32 Å². The third-order valence-corrected chi connectivity index (χ3v) is 2.50. The molecule has 1 aromatic rings. The lowest BCUT2D eigenvalue weighted by Gasteiger charge is -2.15. The zero-order valence-electron chi connectivity index (χ0n) is 10.3. The number of rotatable bonds is 5. The largest absolute Gasteiger partial charge is 0.463 e. The molecule has 0 aliphatic rings. The summed E-state index contributed by atoms with van der Waals surface area (Å²) in [6, 6.07) is 3.29. The maximum absolute atomic E-state index is 11.2. The SMILES string of the molecule is C#CC(CC)NC(C)c1ccc(C(=O)OC)o1. The summed E-state index contributed by atoms with van der Waals surface area (Å²) in [4.78, 5) is 11.2. The lowest BCUT2D eigenvalue weighted by molar-refractivity contribution is 0.0562. The number of carbonyl (C=O) groups is 1. The van der Waals surface area contributed by atoms with E-state index in [1.165, 1.54) is 7.11 Å². The van der Waals surface area contributed by atoms with Gasteiger partial charge in [-0.3, -0.25) is 5.32 Å². The monoisotopic (exact) mass is 235 g/mol. The first-order chi connectivity index (χ1) is 8.12. The molecule has 0 radical (unpaired) electrons. The highest BCUT2D eigenvalue weighted by Gasteiger charge is 2.16. The van der Waals surface area contributed by atoms with Gasteiger partial charge in [0.2, 0.25) is 5.76 Å². The quantitative estimate of drug-likeness (QED) is 0.627. The highest BCUT2D eigenvalue weighted by atomic mass is 16.5. The fraction of sp³-hybridized carbons (Fsp3) is 0.462. The Balaban J connectivity index is 2.70. The molecule has 0 saturated heterocycles. The summed E-state index contributed by atoms with van der Waals surface area (Å²) >= 11 is 0. The van der Waals surface area contributed by atoms with E-state index in [-0.39, 0.29) is 17.8 Å². The Labute approximate surface area is 101 Å². The van der Waals surface area contributed by atoms with Crippen molar-refractivity contribution in [3.63, 3.8) is 0 Å². The van der Waals surface area contributed by atoms with Gasteiger partial charge in [0, 0.05) is 0 Å². The van der Waals surface area contributed by atoms with Gasteiger partial charge >= 0.3 is 5.97 Å². The number of nitrogens with one attached hydrogen (secondary N) is 1. The number of methoxy groups -OCH3 is 1. The van der Waals surface area contributed by atoms with E-state index in [0.29, 0.717) is 5.76 Å². The third kappa shape index (κ3) is 3.36. The van der Waals surface area contributed by atoms with Crippen LogP contribution in [0.3, 0.4) is 0 Å². The molecule has 0 fully saturated rings. The number of carbonyl (C=O) groups excluding carboxylic acids is 1. The van der Waals surface area contributed by atoms with E-state index < -0.39 is 5.97 Å². The number of terminal acetylenes is 1. The molecule has 1 heterocycles. The Morgan fingerprint density at radius 2 is 2.35 bits per heavy atom. The molecule has 4 nitrogen and oxygen atoms in total. The molecule has 0 aromatic carbocycles. The summed E-state index contributed by atoms with van der Waals surface area (Å²) in [5.74, 6) is 3.03. The van der Waals surface area contributed by atoms with Gasteiger partial charge in [-0.15, -0.1) is 6.42 Å². The van der Waals surface area contributed by atoms with Crippen molar-refractivity contribution < 1.29 is 13.9 Å². The highest BCUT2D eigenvalue weighted by Crippen LogP contribution is 2.17. The summed E-state index contributed by atoms with van der Waals surface area (Å²) in [5.41, 5.74) is 0. The molecule has 2 atom stereocenters. The minimum absolute atomic E-state index is 0.00308. The molecule has 0 spiro atoms. The minimum atomic E-state index is -0.479. The molecule has 1 N–H and O–H groups in total. The van der Waals surface area contributed by atoms with Crippen LogP contribution in [-0.4, -0.2) is 19.1 Å². The van der Waals surface area contributed by atoms with Crippen LogP contribution >= 0.6 is 0 Å². The van der Waals surface area contributed by atoms with E-state index in [2.05, 4.69) is 16.0 Å². The molecule has 0 amide bonds. The third-order valence-electron chi connectivity index (χ3n) is 2.50. The van der Waals surface area contributed by atoms with Crippen LogP contribution < -0.4 is 5.32 Å². The molecule has 1 rings (SSSR count). The van der Waals surface area contributed by atoms with Gasteiger partial charge < -0.3 is 9.15 Å². The minimum Gasteiger partial charge on any atom is -0.463 e. The van der Waals surface area contributed by atoms with Crippen LogP contribution in [-0.2, 0) is 4.74 Å². The fourth-order valence-electron chi connectivity index (χ4n) is 1.46. The van der Waals surface area contributed by atoms with Crippen LogP contribution in [0.2, 0.25) is 0 Å². The first-order valence-electron chi connectivity index (χ1n) is 5.52. The van der Waals surface area contributed by atoms with Crippen molar-refractivity contribution in [2.24, 2.45) is 0 Å². The Morgan fingerprint density at radius 3 is 2.88 bits per heavy atom. The maximum Gasteiger partial charge on any atom is 0.373 e. The first kappa shape index (κ1) is 13.3. The smallest absolute Gasteiger partial charge is 0.373 e. The maximum atomic E-state index is 11.2. The molecule has 0 saturated carbocycles. The van der Waals surface area contributed by atoms with Crippen molar-refractivity contribution in [3.8, 4) is 12.3 Å². The van der Waals surface area contributed by atoms with E-state index in [1.54, 1.807) is 12.1 Å². The second kappa shape index (κ2) is 6.12. The van der Waals surface area contributed by atoms with Crippen molar-refractivity contribution in [1.29, 1.82) is 0 Å². The number of esters is 1. The molecular formula is C13H17NO3. The Morgan fingerprint density at radius 1 is 1.65 bits per heavy atom. The van der Waals surface area contributed by atoms with Crippen LogP contribution in [0.4, 0.5) is 0 Å². The van der Waals surface area contributed by atoms with Gasteiger partial charge in [0.1, 0.15) is 5.76 Å². The van der Waals surface area contributed by atoms with Gasteiger partial charge in [-0.1, -0.05) is 12.8 Å². The van der Waals surface area contributed by atoms with Gasteiger partial charge in [0.15, 0.2) is 0 Å². The lowest BCUT2D eigenvalue weighted by atomic mass is 10.2. The van der Waals surface area contributed by atoms with Gasteiger partial charge in [-0.25, -0.2) is 4.79 Å². The number of furan rings is 1. The van der Waals surface area contributed by atoms with Crippen LogP contribution in [0.15, 0.2) is 16.5 Å². The van der Waals surface area contributed by atoms with Gasteiger partial charge in [-0.05, 0) is 25.5 Å². The Bertz CT molecular complexity index is 417. The molecule has 1 aromatic heterocycles. The standard InChI is InChI=1S/C13H17NO3/c1-5-10(6-2)14-9(3)11-7-8-12(17-11)13(15)16-4/h1,7-10,14H,6H2,2-4H3. The van der Waals surface area contributed by atoms with Crippen LogP contribution in [0.1, 0.15) is 42.6 Å². The van der Waals surface area contributed by atoms with Gasteiger partial charge in [0.05, 0.1) is 19.2 Å². The zero-order chi connectivity index (χ0) is 12.8. The van der Waals surface area contributed by atoms with E-state index in [9.17, 15) is 4.79 Å². The fourth-order valence-corrected chi connectivity index (χ4v) is 1.46. The molecule has 0 aliphatic heterocycles. The normalized spacial score (nSPS) is 13.8. The Kier molecular flexibility index (Phi) is 4.80. The second-order valence-electron chi connectivity index (χ2n) is 3.71. The predicted molar refractivity (Wildman–Crippen MR) is 64.5 cm³/mol. The van der Waals surface area contributed by atoms with Gasteiger partial charge in [-0.2, -0.15) is 0 Å². The molecule has 4 heteroatoms. The Hall–Kier alpha value is -1.73. The first-order valence-corrected chi connectivity index (χ1v) is 5.52. The number of ether oxygens (including phenoxy) is 1. The molecule has 0 aliphatic carbocycles. The average Bonchev–Trinajstić information content (AvgIpc) is 2.84. The number of hydrogen-bond acceptors (Lipinski definition) is 4. The van der Waals surface area contributed by atoms with E-state index in [4.69, 9.17) is 10.8 Å². The lowest BCUT2D eigenvalue weighted by Crippen LogP contribution is -2.29. The summed E-state index contributed by atoms with van der Waals surface area (Å²) < 4.78 is 9.95. The summed E-state index contributed by atoms with van der Waals surface area (Å²) in [5, 5.41) is 3.22. The van der Waals surface area contributed by atoms with E-state index in [1.807, 2.05) is 13.8 Å². The molecule has 0 bridgehead atoms. The van der Waals surface area contributed by atoms with E-state index >= 15 is 0 Å². The summed E-state index contributed by atoms with van der Waals surface area (Å²) in [7, 11) is 1.32. The highest BCUT2D eigenvalue weighted by molar-refractivity contribution is 5.86.